The molecule has 3 heterocycles. The fraction of sp³-hybridized carbons (Fsp3) is 0.545. The predicted octanol–water partition coefficient (Wildman–Crippen LogP) is 1.78. The molecule has 4 rings (SSSR count). The Morgan fingerprint density at radius 3 is 2.57 bits per heavy atom. The van der Waals surface area contributed by atoms with Crippen LogP contribution in [0.15, 0.2) is 42.6 Å². The number of aromatic nitrogens is 2. The zero-order valence-corrected chi connectivity index (χ0v) is 17.3. The number of carbonyl (C=O) groups is 1. The number of rotatable bonds is 8. The summed E-state index contributed by atoms with van der Waals surface area (Å²) in [5.74, 6) is 0.616. The first kappa shape index (κ1) is 20.8. The molecule has 8 nitrogen and oxygen atoms in total. The van der Waals surface area contributed by atoms with Gasteiger partial charge in [-0.05, 0) is 31.0 Å². The maximum atomic E-state index is 12.7. The quantitative estimate of drug-likeness (QED) is 0.710. The molecule has 2 saturated heterocycles. The largest absolute Gasteiger partial charge is 0.471 e. The van der Waals surface area contributed by atoms with E-state index in [4.69, 9.17) is 14.2 Å². The first-order valence-electron chi connectivity index (χ1n) is 10.6. The third-order valence-corrected chi connectivity index (χ3v) is 5.82. The molecule has 1 amide bonds. The molecule has 0 atom stereocenters. The van der Waals surface area contributed by atoms with Crippen LogP contribution in [0.3, 0.4) is 0 Å². The van der Waals surface area contributed by atoms with Gasteiger partial charge in [-0.2, -0.15) is 5.10 Å². The molecule has 0 radical (unpaired) electrons. The van der Waals surface area contributed by atoms with Crippen LogP contribution >= 0.6 is 0 Å². The van der Waals surface area contributed by atoms with E-state index in [-0.39, 0.29) is 18.1 Å². The van der Waals surface area contributed by atoms with Crippen molar-refractivity contribution in [2.45, 2.75) is 19.6 Å². The summed E-state index contributed by atoms with van der Waals surface area (Å²) in [6.07, 6.45) is 3.66. The molecular formula is C22H30N4O4. The second kappa shape index (κ2) is 10.1. The third kappa shape index (κ3) is 5.59. The second-order valence-electron chi connectivity index (χ2n) is 8.01. The first-order chi connectivity index (χ1) is 14.7. The average molecular weight is 415 g/mol. The van der Waals surface area contributed by atoms with E-state index in [0.29, 0.717) is 12.2 Å². The Morgan fingerprint density at radius 1 is 1.07 bits per heavy atom. The first-order valence-corrected chi connectivity index (χ1v) is 10.6. The molecule has 2 aromatic rings. The maximum absolute atomic E-state index is 12.7. The van der Waals surface area contributed by atoms with Crippen LogP contribution < -0.4 is 10.1 Å². The molecule has 0 aliphatic carbocycles. The summed E-state index contributed by atoms with van der Waals surface area (Å²) >= 11 is 0. The topological polar surface area (TPSA) is 77.9 Å². The van der Waals surface area contributed by atoms with Gasteiger partial charge in [0.25, 0.3) is 5.91 Å². The van der Waals surface area contributed by atoms with Crippen molar-refractivity contribution in [2.75, 3.05) is 52.6 Å². The van der Waals surface area contributed by atoms with Crippen LogP contribution in [-0.2, 0) is 16.2 Å². The highest BCUT2D eigenvalue weighted by Gasteiger charge is 2.35. The summed E-state index contributed by atoms with van der Waals surface area (Å²) in [4.78, 5) is 15.2. The zero-order valence-electron chi connectivity index (χ0n) is 17.3. The van der Waals surface area contributed by atoms with Gasteiger partial charge in [0.2, 0.25) is 0 Å². The summed E-state index contributed by atoms with van der Waals surface area (Å²) < 4.78 is 18.4. The van der Waals surface area contributed by atoms with Crippen LogP contribution in [0.4, 0.5) is 0 Å². The molecule has 0 saturated carbocycles. The van der Waals surface area contributed by atoms with Gasteiger partial charge in [-0.3, -0.25) is 9.69 Å². The van der Waals surface area contributed by atoms with Crippen LogP contribution in [-0.4, -0.2) is 73.2 Å². The Kier molecular flexibility index (Phi) is 6.99. The molecule has 0 bridgehead atoms. The van der Waals surface area contributed by atoms with Gasteiger partial charge in [0, 0.05) is 51.0 Å². The van der Waals surface area contributed by atoms with Crippen molar-refractivity contribution >= 4 is 5.91 Å². The number of hydrogen-bond donors (Lipinski definition) is 1. The van der Waals surface area contributed by atoms with Crippen LogP contribution in [0.2, 0.25) is 0 Å². The fourth-order valence-electron chi connectivity index (χ4n) is 4.00. The lowest BCUT2D eigenvalue weighted by atomic mass is 9.79. The van der Waals surface area contributed by atoms with Gasteiger partial charge >= 0.3 is 0 Å². The van der Waals surface area contributed by atoms with Crippen molar-refractivity contribution in [3.05, 3.63) is 48.3 Å². The monoisotopic (exact) mass is 414 g/mol. The fourth-order valence-corrected chi connectivity index (χ4v) is 4.00. The zero-order chi connectivity index (χ0) is 20.7. The maximum Gasteiger partial charge on any atom is 0.271 e. The standard InChI is InChI=1S/C22H30N4O4/c27-21(20-6-9-26(24-20)18-30-19-4-2-1-3-5-19)23-16-22(7-12-28-13-8-22)17-25-10-14-29-15-11-25/h1-6,9H,7-8,10-18H2,(H,23,27). The van der Waals surface area contributed by atoms with Crippen molar-refractivity contribution in [3.63, 3.8) is 0 Å². The van der Waals surface area contributed by atoms with E-state index >= 15 is 0 Å². The van der Waals surface area contributed by atoms with Gasteiger partial charge in [-0.1, -0.05) is 18.2 Å². The molecule has 1 aromatic carbocycles. The minimum Gasteiger partial charge on any atom is -0.471 e. The number of ether oxygens (including phenoxy) is 3. The highest BCUT2D eigenvalue weighted by atomic mass is 16.5. The van der Waals surface area contributed by atoms with Crippen molar-refractivity contribution in [1.29, 1.82) is 0 Å². The highest BCUT2D eigenvalue weighted by Crippen LogP contribution is 2.31. The number of nitrogens with one attached hydrogen (secondary N) is 1. The lowest BCUT2D eigenvalue weighted by Gasteiger charge is -2.42. The molecule has 1 N–H and O–H groups in total. The van der Waals surface area contributed by atoms with Crippen LogP contribution in [0.5, 0.6) is 5.75 Å². The van der Waals surface area contributed by atoms with Crippen molar-refractivity contribution in [1.82, 2.24) is 20.0 Å². The number of amides is 1. The minimum atomic E-state index is -0.152. The lowest BCUT2D eigenvalue weighted by Crippen LogP contribution is -2.50. The predicted molar refractivity (Wildman–Crippen MR) is 111 cm³/mol. The third-order valence-electron chi connectivity index (χ3n) is 5.82. The van der Waals surface area contributed by atoms with Gasteiger partial charge < -0.3 is 19.5 Å². The molecule has 2 aliphatic rings. The molecule has 2 fully saturated rings. The lowest BCUT2D eigenvalue weighted by molar-refractivity contribution is -0.0283. The van der Waals surface area contributed by atoms with E-state index in [2.05, 4.69) is 15.3 Å². The normalized spacial score (nSPS) is 19.3. The SMILES string of the molecule is O=C(NCC1(CN2CCOCC2)CCOCC1)c1ccn(COc2ccccc2)n1. The molecular weight excluding hydrogens is 384 g/mol. The summed E-state index contributed by atoms with van der Waals surface area (Å²) in [7, 11) is 0. The molecule has 2 aliphatic heterocycles. The molecule has 0 spiro atoms. The molecule has 1 aromatic heterocycles. The number of hydrogen-bond acceptors (Lipinski definition) is 6. The van der Waals surface area contributed by atoms with Gasteiger partial charge in [-0.15, -0.1) is 0 Å². The Bertz CT molecular complexity index is 798. The van der Waals surface area contributed by atoms with Gasteiger partial charge in [-0.25, -0.2) is 4.68 Å². The van der Waals surface area contributed by atoms with Crippen molar-refractivity contribution in [3.8, 4) is 5.75 Å². The molecule has 0 unspecified atom stereocenters. The van der Waals surface area contributed by atoms with Crippen LogP contribution in [0.1, 0.15) is 23.3 Å². The minimum absolute atomic E-state index is 0.0320. The Balaban J connectivity index is 1.31. The Hall–Kier alpha value is -2.42. The molecule has 8 heteroatoms. The molecule has 30 heavy (non-hydrogen) atoms. The van der Waals surface area contributed by atoms with Crippen LogP contribution in [0.25, 0.3) is 0 Å². The number of morpholine rings is 1. The van der Waals surface area contributed by atoms with Crippen molar-refractivity contribution in [2.24, 2.45) is 5.41 Å². The summed E-state index contributed by atoms with van der Waals surface area (Å²) in [5, 5.41) is 7.47. The van der Waals surface area contributed by atoms with E-state index in [1.165, 1.54) is 0 Å². The van der Waals surface area contributed by atoms with E-state index in [0.717, 1.165) is 64.7 Å². The Labute approximate surface area is 177 Å². The van der Waals surface area contributed by atoms with E-state index in [9.17, 15) is 4.79 Å². The smallest absolute Gasteiger partial charge is 0.271 e. The summed E-state index contributed by atoms with van der Waals surface area (Å²) in [6, 6.07) is 11.3. The number of carbonyl (C=O) groups excluding carboxylic acids is 1. The van der Waals surface area contributed by atoms with Crippen molar-refractivity contribution < 1.29 is 19.0 Å². The second-order valence-corrected chi connectivity index (χ2v) is 8.01. The van der Waals surface area contributed by atoms with Gasteiger partial charge in [0.05, 0.1) is 13.2 Å². The summed E-state index contributed by atoms with van der Waals surface area (Å²) in [5.41, 5.74) is 0.435. The number of para-hydroxylation sites is 1. The molecule has 162 valence electrons. The Morgan fingerprint density at radius 2 is 1.80 bits per heavy atom. The number of benzene rings is 1. The van der Waals surface area contributed by atoms with E-state index in [1.54, 1.807) is 16.9 Å². The van der Waals surface area contributed by atoms with Gasteiger partial charge in [0.15, 0.2) is 6.73 Å². The van der Waals surface area contributed by atoms with Crippen LogP contribution in [0, 0.1) is 5.41 Å². The number of nitrogens with zero attached hydrogens (tertiary/aromatic N) is 3. The average Bonchev–Trinajstić information content (AvgIpc) is 3.27. The van der Waals surface area contributed by atoms with E-state index < -0.39 is 0 Å². The summed E-state index contributed by atoms with van der Waals surface area (Å²) in [6.45, 7) is 6.78. The highest BCUT2D eigenvalue weighted by molar-refractivity contribution is 5.92. The van der Waals surface area contributed by atoms with E-state index in [1.807, 2.05) is 30.3 Å². The van der Waals surface area contributed by atoms with Gasteiger partial charge in [0.1, 0.15) is 11.4 Å².